The third-order valence-electron chi connectivity index (χ3n) is 3.80. The fourth-order valence-electron chi connectivity index (χ4n) is 2.48. The topological polar surface area (TPSA) is 55.1 Å². The van der Waals surface area contributed by atoms with E-state index in [-0.39, 0.29) is 12.3 Å². The van der Waals surface area contributed by atoms with Crippen LogP contribution in [0.15, 0.2) is 65.3 Å². The summed E-state index contributed by atoms with van der Waals surface area (Å²) in [6.45, 7) is 0. The molecule has 0 aliphatic heterocycles. The predicted molar refractivity (Wildman–Crippen MR) is 90.3 cm³/mol. The second-order valence-corrected chi connectivity index (χ2v) is 5.67. The molecule has 0 spiro atoms. The van der Waals surface area contributed by atoms with E-state index in [1.807, 2.05) is 18.2 Å². The van der Waals surface area contributed by atoms with Crippen LogP contribution in [0.4, 0.5) is 18.9 Å². The lowest BCUT2D eigenvalue weighted by atomic mass is 10.0. The van der Waals surface area contributed by atoms with Crippen molar-refractivity contribution in [3.05, 3.63) is 71.9 Å². The maximum atomic E-state index is 12.6. The molecule has 4 nitrogen and oxygen atoms in total. The average molecular weight is 360 g/mol. The van der Waals surface area contributed by atoms with Gasteiger partial charge >= 0.3 is 6.18 Å². The van der Waals surface area contributed by atoms with E-state index in [0.29, 0.717) is 29.0 Å². The highest BCUT2D eigenvalue weighted by Gasteiger charge is 2.30. The summed E-state index contributed by atoms with van der Waals surface area (Å²) in [7, 11) is 0. The maximum absolute atomic E-state index is 12.6. The van der Waals surface area contributed by atoms with Crippen LogP contribution in [0.3, 0.4) is 0 Å². The number of para-hydroxylation sites is 1. The molecule has 0 aliphatic rings. The summed E-state index contributed by atoms with van der Waals surface area (Å²) in [6, 6.07) is 13.7. The minimum Gasteiger partial charge on any atom is -0.356 e. The maximum Gasteiger partial charge on any atom is 0.416 e. The molecule has 1 N–H and O–H groups in total. The van der Waals surface area contributed by atoms with Gasteiger partial charge in [0.1, 0.15) is 0 Å². The number of nitrogens with zero attached hydrogens (tertiary/aromatic N) is 1. The van der Waals surface area contributed by atoms with E-state index in [9.17, 15) is 18.0 Å². The summed E-state index contributed by atoms with van der Waals surface area (Å²) in [5.74, 6) is 0.196. The van der Waals surface area contributed by atoms with Gasteiger partial charge in [-0.25, -0.2) is 0 Å². The Balaban J connectivity index is 1.66. The molecule has 0 bridgehead atoms. The van der Waals surface area contributed by atoms with Crippen molar-refractivity contribution in [2.75, 3.05) is 5.32 Å². The molecule has 1 heterocycles. The number of aryl methyl sites for hydroxylation is 1. The molecule has 134 valence electrons. The van der Waals surface area contributed by atoms with Crippen LogP contribution in [0.1, 0.15) is 17.5 Å². The molecule has 0 saturated carbocycles. The Kier molecular flexibility index (Phi) is 5.06. The van der Waals surface area contributed by atoms with Crippen molar-refractivity contribution in [2.24, 2.45) is 0 Å². The van der Waals surface area contributed by atoms with E-state index in [1.54, 1.807) is 12.1 Å². The van der Waals surface area contributed by atoms with Crippen LogP contribution < -0.4 is 5.32 Å². The third kappa shape index (κ3) is 4.30. The van der Waals surface area contributed by atoms with Crippen LogP contribution in [-0.2, 0) is 17.4 Å². The van der Waals surface area contributed by atoms with Gasteiger partial charge in [0.15, 0.2) is 5.76 Å². The van der Waals surface area contributed by atoms with Crippen molar-refractivity contribution < 1.29 is 22.5 Å². The molecule has 2 aromatic carbocycles. The summed E-state index contributed by atoms with van der Waals surface area (Å²) in [5, 5.41) is 6.48. The van der Waals surface area contributed by atoms with Gasteiger partial charge in [0, 0.05) is 23.2 Å². The molecule has 1 amide bonds. The smallest absolute Gasteiger partial charge is 0.356 e. The average Bonchev–Trinajstić information content (AvgIpc) is 3.09. The normalized spacial score (nSPS) is 11.3. The number of nitrogens with one attached hydrogen (secondary N) is 1. The highest BCUT2D eigenvalue weighted by Crippen LogP contribution is 2.32. The number of benzene rings is 2. The predicted octanol–water partition coefficient (Wildman–Crippen LogP) is 4.93. The van der Waals surface area contributed by atoms with Crippen LogP contribution in [0, 0.1) is 0 Å². The molecule has 0 radical (unpaired) electrons. The van der Waals surface area contributed by atoms with Crippen molar-refractivity contribution in [3.8, 4) is 11.3 Å². The van der Waals surface area contributed by atoms with E-state index in [0.717, 1.165) is 12.1 Å². The summed E-state index contributed by atoms with van der Waals surface area (Å²) < 4.78 is 43.1. The molecule has 0 atom stereocenters. The Morgan fingerprint density at radius 2 is 1.73 bits per heavy atom. The van der Waals surface area contributed by atoms with Gasteiger partial charge in [-0.1, -0.05) is 35.5 Å². The zero-order valence-corrected chi connectivity index (χ0v) is 13.6. The van der Waals surface area contributed by atoms with Crippen LogP contribution >= 0.6 is 0 Å². The van der Waals surface area contributed by atoms with Crippen molar-refractivity contribution in [2.45, 2.75) is 19.0 Å². The molecule has 7 heteroatoms. The Morgan fingerprint density at radius 3 is 2.38 bits per heavy atom. The first-order chi connectivity index (χ1) is 12.4. The van der Waals surface area contributed by atoms with Gasteiger partial charge in [0.25, 0.3) is 0 Å². The molecule has 1 aromatic heterocycles. The Morgan fingerprint density at radius 1 is 1.04 bits per heavy atom. The standard InChI is InChI=1S/C19H15F3N2O2/c20-19(21,22)15-9-6-13(7-10-15)18-14(12-23-26-18)8-11-17(25)24-16-4-2-1-3-5-16/h1-7,9-10,12H,8,11H2,(H,24,25). The SMILES string of the molecule is O=C(CCc1cnoc1-c1ccc(C(F)(F)F)cc1)Nc1ccccc1. The van der Waals surface area contributed by atoms with Gasteiger partial charge in [-0.3, -0.25) is 4.79 Å². The van der Waals surface area contributed by atoms with Gasteiger partial charge in [-0.2, -0.15) is 13.2 Å². The van der Waals surface area contributed by atoms with Crippen molar-refractivity contribution in [3.63, 3.8) is 0 Å². The number of carbonyl (C=O) groups is 1. The molecule has 0 fully saturated rings. The van der Waals surface area contributed by atoms with Crippen molar-refractivity contribution >= 4 is 11.6 Å². The third-order valence-corrected chi connectivity index (χ3v) is 3.80. The van der Waals surface area contributed by atoms with Gasteiger partial charge in [-0.15, -0.1) is 0 Å². The van der Waals surface area contributed by atoms with E-state index >= 15 is 0 Å². The van der Waals surface area contributed by atoms with E-state index < -0.39 is 11.7 Å². The highest BCUT2D eigenvalue weighted by atomic mass is 19.4. The van der Waals surface area contributed by atoms with Crippen LogP contribution in [0.25, 0.3) is 11.3 Å². The quantitative estimate of drug-likeness (QED) is 0.702. The molecular formula is C19H15F3N2O2. The van der Waals surface area contributed by atoms with E-state index in [1.165, 1.54) is 18.3 Å². The first-order valence-electron chi connectivity index (χ1n) is 7.89. The number of hydrogen-bond donors (Lipinski definition) is 1. The number of rotatable bonds is 5. The van der Waals surface area contributed by atoms with Gasteiger partial charge in [0.2, 0.25) is 5.91 Å². The zero-order chi connectivity index (χ0) is 18.6. The van der Waals surface area contributed by atoms with Crippen molar-refractivity contribution in [1.29, 1.82) is 0 Å². The van der Waals surface area contributed by atoms with Crippen LogP contribution in [-0.4, -0.2) is 11.1 Å². The van der Waals surface area contributed by atoms with Gasteiger partial charge in [0.05, 0.1) is 11.8 Å². The largest absolute Gasteiger partial charge is 0.416 e. The first kappa shape index (κ1) is 17.7. The first-order valence-corrected chi connectivity index (χ1v) is 7.89. The lowest BCUT2D eigenvalue weighted by Crippen LogP contribution is -2.12. The van der Waals surface area contributed by atoms with Crippen molar-refractivity contribution in [1.82, 2.24) is 5.16 Å². The fraction of sp³-hybridized carbons (Fsp3) is 0.158. The molecular weight excluding hydrogens is 345 g/mol. The minimum atomic E-state index is -4.39. The van der Waals surface area contributed by atoms with Crippen LogP contribution in [0.2, 0.25) is 0 Å². The summed E-state index contributed by atoms with van der Waals surface area (Å²) in [4.78, 5) is 12.0. The van der Waals surface area contributed by atoms with E-state index in [2.05, 4.69) is 10.5 Å². The molecule has 3 aromatic rings. The van der Waals surface area contributed by atoms with Crippen LogP contribution in [0.5, 0.6) is 0 Å². The molecule has 26 heavy (non-hydrogen) atoms. The van der Waals surface area contributed by atoms with Gasteiger partial charge in [-0.05, 0) is 30.7 Å². The fourth-order valence-corrected chi connectivity index (χ4v) is 2.48. The molecule has 0 aliphatic carbocycles. The molecule has 0 unspecified atom stereocenters. The second kappa shape index (κ2) is 7.43. The highest BCUT2D eigenvalue weighted by molar-refractivity contribution is 5.90. The van der Waals surface area contributed by atoms with Gasteiger partial charge < -0.3 is 9.84 Å². The zero-order valence-electron chi connectivity index (χ0n) is 13.6. The number of hydrogen-bond acceptors (Lipinski definition) is 3. The second-order valence-electron chi connectivity index (χ2n) is 5.67. The molecule has 0 saturated heterocycles. The van der Waals surface area contributed by atoms with E-state index in [4.69, 9.17) is 4.52 Å². The lowest BCUT2D eigenvalue weighted by molar-refractivity contribution is -0.137. The number of aromatic nitrogens is 1. The Labute approximate surface area is 147 Å². The molecule has 3 rings (SSSR count). The number of alkyl halides is 3. The number of carbonyl (C=O) groups excluding carboxylic acids is 1. The number of amides is 1. The summed E-state index contributed by atoms with van der Waals surface area (Å²) in [6.07, 6.45) is -2.36. The summed E-state index contributed by atoms with van der Waals surface area (Å²) >= 11 is 0. The minimum absolute atomic E-state index is 0.171. The monoisotopic (exact) mass is 360 g/mol. The number of anilines is 1. The number of halogens is 3. The Hall–Kier alpha value is -3.09. The summed E-state index contributed by atoms with van der Waals surface area (Å²) in [5.41, 5.74) is 1.11. The Bertz CT molecular complexity index is 872. The lowest BCUT2D eigenvalue weighted by Gasteiger charge is -2.07.